The minimum absolute atomic E-state index is 0.415. The van der Waals surface area contributed by atoms with Gasteiger partial charge in [0.2, 0.25) is 0 Å². The van der Waals surface area contributed by atoms with Gasteiger partial charge >= 0.3 is 0 Å². The Balaban J connectivity index is 3.45. The summed E-state index contributed by atoms with van der Waals surface area (Å²) in [6.45, 7) is 2.86. The smallest absolute Gasteiger partial charge is 0.186 e. The molecular weight excluding hydrogens is 202 g/mol. The first-order valence-electron chi connectivity index (χ1n) is 6.17. The summed E-state index contributed by atoms with van der Waals surface area (Å²) in [4.78, 5) is 12.4. The van der Waals surface area contributed by atoms with Gasteiger partial charge in [-0.15, -0.1) is 0 Å². The summed E-state index contributed by atoms with van der Waals surface area (Å²) in [6.07, 6.45) is 9.85. The number of aldehydes is 1. The van der Waals surface area contributed by atoms with E-state index < -0.39 is 0 Å². The lowest BCUT2D eigenvalue weighted by atomic mass is 10.1. The number of carbonyl (C=O) groups excluding carboxylic acids is 1. The van der Waals surface area contributed by atoms with Gasteiger partial charge in [-0.2, -0.15) is 0 Å². The molecule has 0 bridgehead atoms. The maximum absolute atomic E-state index is 10.6. The first kappa shape index (κ1) is 15.0. The molecule has 3 heteroatoms. The normalized spacial score (nSPS) is 11.3. The van der Waals surface area contributed by atoms with Crippen molar-refractivity contribution < 1.29 is 9.53 Å². The van der Waals surface area contributed by atoms with Gasteiger partial charge in [0.25, 0.3) is 0 Å². The van der Waals surface area contributed by atoms with Crippen molar-refractivity contribution in [1.82, 2.24) is 4.90 Å². The van der Waals surface area contributed by atoms with Crippen molar-refractivity contribution in [2.24, 2.45) is 0 Å². The lowest BCUT2D eigenvalue weighted by Gasteiger charge is -2.09. The first-order valence-corrected chi connectivity index (χ1v) is 6.17. The molecule has 0 unspecified atom stereocenters. The van der Waals surface area contributed by atoms with E-state index in [1.807, 2.05) is 19.0 Å². The van der Waals surface area contributed by atoms with Crippen LogP contribution in [0, 0.1) is 0 Å². The highest BCUT2D eigenvalue weighted by Crippen LogP contribution is 2.06. The van der Waals surface area contributed by atoms with Gasteiger partial charge in [0.05, 0.1) is 6.61 Å². The minimum Gasteiger partial charge on any atom is -0.489 e. The average Bonchev–Trinajstić information content (AvgIpc) is 2.25. The van der Waals surface area contributed by atoms with Crippen LogP contribution in [-0.2, 0) is 9.53 Å². The molecule has 0 aromatic heterocycles. The fraction of sp³-hybridized carbons (Fsp3) is 0.769. The Hall–Kier alpha value is -0.990. The van der Waals surface area contributed by atoms with Gasteiger partial charge in [0.15, 0.2) is 12.0 Å². The average molecular weight is 227 g/mol. The van der Waals surface area contributed by atoms with E-state index in [1.165, 1.54) is 32.1 Å². The number of hydrogen-bond acceptors (Lipinski definition) is 3. The van der Waals surface area contributed by atoms with Gasteiger partial charge in [0.1, 0.15) is 0 Å². The highest BCUT2D eigenvalue weighted by atomic mass is 16.5. The SMILES string of the molecule is CCCCCCCCO/C(C=O)=C/N(C)C. The van der Waals surface area contributed by atoms with Crippen molar-refractivity contribution in [3.05, 3.63) is 12.0 Å². The number of rotatable bonds is 10. The topological polar surface area (TPSA) is 29.5 Å². The van der Waals surface area contributed by atoms with Crippen LogP contribution in [0.2, 0.25) is 0 Å². The van der Waals surface area contributed by atoms with Crippen LogP contribution in [0.5, 0.6) is 0 Å². The second-order valence-corrected chi connectivity index (χ2v) is 4.23. The summed E-state index contributed by atoms with van der Waals surface area (Å²) in [6, 6.07) is 0. The largest absolute Gasteiger partial charge is 0.489 e. The van der Waals surface area contributed by atoms with E-state index in [1.54, 1.807) is 6.20 Å². The number of carbonyl (C=O) groups is 1. The molecule has 0 aliphatic rings. The molecule has 0 aromatic carbocycles. The molecule has 0 saturated carbocycles. The second kappa shape index (κ2) is 10.5. The third-order valence-corrected chi connectivity index (χ3v) is 2.27. The predicted molar refractivity (Wildman–Crippen MR) is 67.2 cm³/mol. The maximum atomic E-state index is 10.6. The van der Waals surface area contributed by atoms with Crippen molar-refractivity contribution in [3.63, 3.8) is 0 Å². The molecular formula is C13H25NO2. The van der Waals surface area contributed by atoms with E-state index in [0.717, 1.165) is 12.7 Å². The third-order valence-electron chi connectivity index (χ3n) is 2.27. The molecule has 0 rings (SSSR count). The zero-order valence-electron chi connectivity index (χ0n) is 10.9. The highest BCUT2D eigenvalue weighted by molar-refractivity contribution is 5.69. The molecule has 3 nitrogen and oxygen atoms in total. The molecule has 0 aliphatic heterocycles. The van der Waals surface area contributed by atoms with Crippen LogP contribution in [-0.4, -0.2) is 31.9 Å². The molecule has 0 atom stereocenters. The summed E-state index contributed by atoms with van der Waals surface area (Å²) < 4.78 is 5.36. The molecule has 0 saturated heterocycles. The number of nitrogens with zero attached hydrogens (tertiary/aromatic N) is 1. The van der Waals surface area contributed by atoms with Crippen LogP contribution in [0.3, 0.4) is 0 Å². The van der Waals surface area contributed by atoms with Crippen LogP contribution < -0.4 is 0 Å². The Morgan fingerprint density at radius 3 is 2.31 bits per heavy atom. The monoisotopic (exact) mass is 227 g/mol. The van der Waals surface area contributed by atoms with Crippen LogP contribution in [0.4, 0.5) is 0 Å². The van der Waals surface area contributed by atoms with Crippen LogP contribution in [0.25, 0.3) is 0 Å². The summed E-state index contributed by atoms with van der Waals surface area (Å²) in [5.41, 5.74) is 0. The number of allylic oxidation sites excluding steroid dienone is 1. The predicted octanol–water partition coefficient (Wildman–Crippen LogP) is 2.97. The zero-order valence-corrected chi connectivity index (χ0v) is 10.9. The van der Waals surface area contributed by atoms with Gasteiger partial charge in [-0.25, -0.2) is 0 Å². The summed E-state index contributed by atoms with van der Waals surface area (Å²) in [7, 11) is 3.75. The maximum Gasteiger partial charge on any atom is 0.186 e. The Bertz CT molecular complexity index is 200. The van der Waals surface area contributed by atoms with Crippen LogP contribution in [0.1, 0.15) is 45.4 Å². The molecule has 0 amide bonds. The summed E-state index contributed by atoms with van der Waals surface area (Å²) >= 11 is 0. The zero-order chi connectivity index (χ0) is 12.2. The van der Waals surface area contributed by atoms with Crippen LogP contribution >= 0.6 is 0 Å². The lowest BCUT2D eigenvalue weighted by molar-refractivity contribution is -0.108. The number of ether oxygens (including phenoxy) is 1. The Morgan fingerprint density at radius 2 is 1.75 bits per heavy atom. The fourth-order valence-electron chi connectivity index (χ4n) is 1.43. The standard InChI is InChI=1S/C13H25NO2/c1-4-5-6-7-8-9-10-16-13(12-15)11-14(2)3/h11-12H,4-10H2,1-3H3/b13-11+. The van der Waals surface area contributed by atoms with E-state index in [9.17, 15) is 4.79 Å². The summed E-state index contributed by atoms with van der Waals surface area (Å²) in [5.74, 6) is 0.415. The van der Waals surface area contributed by atoms with Gasteiger partial charge in [-0.3, -0.25) is 4.79 Å². The van der Waals surface area contributed by atoms with Gasteiger partial charge in [-0.1, -0.05) is 39.0 Å². The molecule has 0 aliphatic carbocycles. The van der Waals surface area contributed by atoms with E-state index in [-0.39, 0.29) is 0 Å². The van der Waals surface area contributed by atoms with Crippen molar-refractivity contribution in [1.29, 1.82) is 0 Å². The minimum atomic E-state index is 0.415. The quantitative estimate of drug-likeness (QED) is 0.249. The Kier molecular flexibility index (Phi) is 9.87. The van der Waals surface area contributed by atoms with E-state index >= 15 is 0 Å². The number of unbranched alkanes of at least 4 members (excludes halogenated alkanes) is 5. The third kappa shape index (κ3) is 9.56. The van der Waals surface area contributed by atoms with Gasteiger partial charge in [-0.05, 0) is 6.42 Å². The fourth-order valence-corrected chi connectivity index (χ4v) is 1.43. The molecule has 0 spiro atoms. The lowest BCUT2D eigenvalue weighted by Crippen LogP contribution is -2.06. The summed E-state index contributed by atoms with van der Waals surface area (Å²) in [5, 5.41) is 0. The van der Waals surface area contributed by atoms with E-state index in [2.05, 4.69) is 6.92 Å². The molecule has 0 heterocycles. The van der Waals surface area contributed by atoms with Gasteiger partial charge in [0, 0.05) is 20.3 Å². The molecule has 0 aromatic rings. The van der Waals surface area contributed by atoms with Gasteiger partial charge < -0.3 is 9.64 Å². The number of hydrogen-bond donors (Lipinski definition) is 0. The highest BCUT2D eigenvalue weighted by Gasteiger charge is 1.97. The molecule has 16 heavy (non-hydrogen) atoms. The van der Waals surface area contributed by atoms with E-state index in [4.69, 9.17) is 4.74 Å². The molecule has 94 valence electrons. The van der Waals surface area contributed by atoms with E-state index in [0.29, 0.717) is 12.4 Å². The molecule has 0 fully saturated rings. The van der Waals surface area contributed by atoms with Crippen molar-refractivity contribution in [3.8, 4) is 0 Å². The van der Waals surface area contributed by atoms with Crippen LogP contribution in [0.15, 0.2) is 12.0 Å². The molecule has 0 radical (unpaired) electrons. The van der Waals surface area contributed by atoms with Crippen molar-refractivity contribution in [2.75, 3.05) is 20.7 Å². The second-order valence-electron chi connectivity index (χ2n) is 4.23. The Morgan fingerprint density at radius 1 is 1.12 bits per heavy atom. The molecule has 0 N–H and O–H groups in total. The van der Waals surface area contributed by atoms with Crippen molar-refractivity contribution >= 4 is 6.29 Å². The first-order chi connectivity index (χ1) is 7.70. The van der Waals surface area contributed by atoms with Crippen molar-refractivity contribution in [2.45, 2.75) is 45.4 Å². The Labute approximate surface area is 99.5 Å².